The van der Waals surface area contributed by atoms with Crippen LogP contribution >= 0.6 is 11.8 Å². The fraction of sp³-hybridized carbons (Fsp3) is 0.357. The molecule has 1 aromatic heterocycles. The van der Waals surface area contributed by atoms with Crippen molar-refractivity contribution in [2.45, 2.75) is 24.3 Å². The van der Waals surface area contributed by atoms with Crippen LogP contribution in [0.25, 0.3) is 0 Å². The van der Waals surface area contributed by atoms with Crippen molar-refractivity contribution in [3.63, 3.8) is 0 Å². The van der Waals surface area contributed by atoms with E-state index in [1.165, 1.54) is 12.1 Å². The molecular formula is C14H19FN4S. The van der Waals surface area contributed by atoms with Gasteiger partial charge in [-0.05, 0) is 37.3 Å². The largest absolute Gasteiger partial charge is 0.272 e. The summed E-state index contributed by atoms with van der Waals surface area (Å²) in [5.74, 6) is 6.21. The monoisotopic (exact) mass is 294 g/mol. The summed E-state index contributed by atoms with van der Waals surface area (Å²) < 4.78 is 14.7. The predicted octanol–water partition coefficient (Wildman–Crippen LogP) is 2.03. The van der Waals surface area contributed by atoms with Gasteiger partial charge in [0, 0.05) is 35.9 Å². The van der Waals surface area contributed by atoms with E-state index in [0.717, 1.165) is 28.5 Å². The highest BCUT2D eigenvalue weighted by Crippen LogP contribution is 2.20. The minimum Gasteiger partial charge on any atom is -0.272 e. The van der Waals surface area contributed by atoms with Crippen molar-refractivity contribution in [2.24, 2.45) is 12.9 Å². The van der Waals surface area contributed by atoms with Crippen LogP contribution < -0.4 is 11.3 Å². The Balaban J connectivity index is 1.92. The third-order valence-electron chi connectivity index (χ3n) is 3.05. The molecule has 0 aliphatic heterocycles. The Labute approximate surface area is 122 Å². The summed E-state index contributed by atoms with van der Waals surface area (Å²) in [6.45, 7) is 1.97. The van der Waals surface area contributed by atoms with E-state index in [0.29, 0.717) is 0 Å². The number of nitrogens with zero attached hydrogens (tertiary/aromatic N) is 2. The zero-order chi connectivity index (χ0) is 14.5. The molecule has 2 rings (SSSR count). The summed E-state index contributed by atoms with van der Waals surface area (Å²) >= 11 is 1.65. The van der Waals surface area contributed by atoms with Crippen LogP contribution in [0.5, 0.6) is 0 Å². The second kappa shape index (κ2) is 6.88. The molecule has 4 nitrogen and oxygen atoms in total. The second-order valence-corrected chi connectivity index (χ2v) is 5.83. The Hall–Kier alpha value is -1.37. The maximum atomic E-state index is 12.8. The number of aryl methyl sites for hydroxylation is 2. The van der Waals surface area contributed by atoms with Crippen LogP contribution in [0.1, 0.15) is 11.4 Å². The minimum absolute atomic E-state index is 0.139. The van der Waals surface area contributed by atoms with Gasteiger partial charge in [-0.1, -0.05) is 0 Å². The smallest absolute Gasteiger partial charge is 0.123 e. The summed E-state index contributed by atoms with van der Waals surface area (Å²) in [4.78, 5) is 1.04. The normalized spacial score (nSPS) is 12.6. The Morgan fingerprint density at radius 1 is 1.40 bits per heavy atom. The van der Waals surface area contributed by atoms with Crippen molar-refractivity contribution >= 4 is 11.8 Å². The summed E-state index contributed by atoms with van der Waals surface area (Å²) in [5, 5.41) is 4.33. The van der Waals surface area contributed by atoms with Crippen molar-refractivity contribution in [1.82, 2.24) is 15.2 Å². The van der Waals surface area contributed by atoms with Gasteiger partial charge in [0.2, 0.25) is 0 Å². The van der Waals surface area contributed by atoms with E-state index in [-0.39, 0.29) is 11.9 Å². The highest BCUT2D eigenvalue weighted by molar-refractivity contribution is 7.99. The molecule has 0 fully saturated rings. The number of thioether (sulfide) groups is 1. The van der Waals surface area contributed by atoms with E-state index in [4.69, 9.17) is 5.84 Å². The molecule has 2 aromatic rings. The Morgan fingerprint density at radius 3 is 2.65 bits per heavy atom. The van der Waals surface area contributed by atoms with Crippen LogP contribution in [0.4, 0.5) is 4.39 Å². The molecule has 20 heavy (non-hydrogen) atoms. The third-order valence-corrected chi connectivity index (χ3v) is 4.23. The van der Waals surface area contributed by atoms with Crippen molar-refractivity contribution < 1.29 is 4.39 Å². The molecule has 1 unspecified atom stereocenters. The standard InChI is InChI=1S/C14H19FN4S/c1-10-7-13(19(2)18-10)8-12(17-16)9-20-14-5-3-11(15)4-6-14/h3-7,12,17H,8-9,16H2,1-2H3. The van der Waals surface area contributed by atoms with E-state index in [1.54, 1.807) is 23.9 Å². The quantitative estimate of drug-likeness (QED) is 0.486. The first-order valence-electron chi connectivity index (χ1n) is 6.42. The first-order chi connectivity index (χ1) is 9.58. The van der Waals surface area contributed by atoms with Crippen LogP contribution in [0.15, 0.2) is 35.2 Å². The van der Waals surface area contributed by atoms with Crippen molar-refractivity contribution in [3.05, 3.63) is 47.5 Å². The van der Waals surface area contributed by atoms with Gasteiger partial charge in [0.05, 0.1) is 5.69 Å². The molecule has 1 atom stereocenters. The highest BCUT2D eigenvalue weighted by atomic mass is 32.2. The minimum atomic E-state index is -0.215. The van der Waals surface area contributed by atoms with Crippen molar-refractivity contribution in [2.75, 3.05) is 5.75 Å². The van der Waals surface area contributed by atoms with Crippen molar-refractivity contribution in [1.29, 1.82) is 0 Å². The number of nitrogens with two attached hydrogens (primary N) is 1. The van der Waals surface area contributed by atoms with Crippen LogP contribution in [0.2, 0.25) is 0 Å². The molecule has 3 N–H and O–H groups in total. The first-order valence-corrected chi connectivity index (χ1v) is 7.41. The lowest BCUT2D eigenvalue weighted by atomic mass is 10.2. The van der Waals surface area contributed by atoms with E-state index < -0.39 is 0 Å². The number of hydrogen-bond donors (Lipinski definition) is 2. The Kier molecular flexibility index (Phi) is 5.17. The van der Waals surface area contributed by atoms with E-state index >= 15 is 0 Å². The number of hydrazine groups is 1. The van der Waals surface area contributed by atoms with Crippen LogP contribution in [-0.4, -0.2) is 21.6 Å². The van der Waals surface area contributed by atoms with Crippen molar-refractivity contribution in [3.8, 4) is 0 Å². The average Bonchev–Trinajstić information content (AvgIpc) is 2.74. The Morgan fingerprint density at radius 2 is 2.10 bits per heavy atom. The number of halogens is 1. The molecule has 108 valence electrons. The molecule has 0 saturated heterocycles. The maximum Gasteiger partial charge on any atom is 0.123 e. The van der Waals surface area contributed by atoms with E-state index in [2.05, 4.69) is 16.6 Å². The highest BCUT2D eigenvalue weighted by Gasteiger charge is 2.12. The lowest BCUT2D eigenvalue weighted by molar-refractivity contribution is 0.551. The summed E-state index contributed by atoms with van der Waals surface area (Å²) in [5.41, 5.74) is 4.98. The zero-order valence-corrected chi connectivity index (χ0v) is 12.5. The summed E-state index contributed by atoms with van der Waals surface area (Å²) in [6, 6.07) is 8.70. The molecule has 0 aliphatic rings. The first kappa shape index (κ1) is 15.0. The van der Waals surface area contributed by atoms with Gasteiger partial charge in [-0.25, -0.2) is 4.39 Å². The molecule has 6 heteroatoms. The summed E-state index contributed by atoms with van der Waals surface area (Å²) in [7, 11) is 1.93. The molecule has 0 radical (unpaired) electrons. The van der Waals surface area contributed by atoms with Gasteiger partial charge < -0.3 is 0 Å². The van der Waals surface area contributed by atoms with E-state index in [1.807, 2.05) is 18.7 Å². The fourth-order valence-electron chi connectivity index (χ4n) is 2.00. The molecule has 0 spiro atoms. The lowest BCUT2D eigenvalue weighted by Gasteiger charge is -2.15. The average molecular weight is 294 g/mol. The molecule has 0 aliphatic carbocycles. The molecule has 0 saturated carbocycles. The van der Waals surface area contributed by atoms with Gasteiger partial charge in [0.15, 0.2) is 0 Å². The number of rotatable bonds is 6. The topological polar surface area (TPSA) is 55.9 Å². The SMILES string of the molecule is Cc1cc(CC(CSc2ccc(F)cc2)NN)n(C)n1. The molecule has 0 bridgehead atoms. The maximum absolute atomic E-state index is 12.8. The molecule has 1 heterocycles. The van der Waals surface area contributed by atoms with Gasteiger partial charge in [-0.15, -0.1) is 11.8 Å². The van der Waals surface area contributed by atoms with Gasteiger partial charge in [0.25, 0.3) is 0 Å². The number of aromatic nitrogens is 2. The zero-order valence-electron chi connectivity index (χ0n) is 11.6. The number of nitrogens with one attached hydrogen (secondary N) is 1. The van der Waals surface area contributed by atoms with E-state index in [9.17, 15) is 4.39 Å². The number of hydrogen-bond acceptors (Lipinski definition) is 4. The van der Waals surface area contributed by atoms with Gasteiger partial charge >= 0.3 is 0 Å². The molecule has 0 amide bonds. The van der Waals surface area contributed by atoms with Gasteiger partial charge in [-0.2, -0.15) is 5.10 Å². The van der Waals surface area contributed by atoms with Crippen LogP contribution in [0, 0.1) is 12.7 Å². The van der Waals surface area contributed by atoms with Gasteiger partial charge in [0.1, 0.15) is 5.82 Å². The lowest BCUT2D eigenvalue weighted by Crippen LogP contribution is -2.39. The van der Waals surface area contributed by atoms with Crippen LogP contribution in [-0.2, 0) is 13.5 Å². The molecule has 1 aromatic carbocycles. The second-order valence-electron chi connectivity index (χ2n) is 4.73. The fourth-order valence-corrected chi connectivity index (χ4v) is 2.94. The number of benzene rings is 1. The predicted molar refractivity (Wildman–Crippen MR) is 79.9 cm³/mol. The van der Waals surface area contributed by atoms with Crippen LogP contribution in [0.3, 0.4) is 0 Å². The Bertz CT molecular complexity index is 553. The van der Waals surface area contributed by atoms with Gasteiger partial charge in [-0.3, -0.25) is 16.0 Å². The third kappa shape index (κ3) is 4.06. The summed E-state index contributed by atoms with van der Waals surface area (Å²) in [6.07, 6.45) is 0.808. The molecular weight excluding hydrogens is 275 g/mol.